The molecular formula is C5H7NOS. The summed E-state index contributed by atoms with van der Waals surface area (Å²) in [6.07, 6.45) is 1.62. The Kier molecular flexibility index (Phi) is 1.58. The molecule has 0 radical (unpaired) electrons. The molecule has 0 saturated heterocycles. The van der Waals surface area contributed by atoms with Crippen LogP contribution in [-0.4, -0.2) is 4.98 Å². The third-order valence-corrected chi connectivity index (χ3v) is 1.07. The molecule has 1 heterocycles. The first kappa shape index (κ1) is 5.69. The zero-order chi connectivity index (χ0) is 5.98. The Balaban J connectivity index is 2.84. The van der Waals surface area contributed by atoms with Crippen LogP contribution in [0.3, 0.4) is 0 Å². The van der Waals surface area contributed by atoms with Crippen LogP contribution in [0.25, 0.3) is 0 Å². The molecule has 3 heteroatoms. The molecule has 44 valence electrons. The van der Waals surface area contributed by atoms with Gasteiger partial charge in [-0.05, 0) is 6.92 Å². The van der Waals surface area contributed by atoms with Crippen LogP contribution in [-0.2, 0) is 5.75 Å². The van der Waals surface area contributed by atoms with E-state index in [9.17, 15) is 0 Å². The van der Waals surface area contributed by atoms with Gasteiger partial charge in [-0.1, -0.05) is 0 Å². The third-order valence-electron chi connectivity index (χ3n) is 0.802. The van der Waals surface area contributed by atoms with Crippen molar-refractivity contribution in [2.24, 2.45) is 0 Å². The van der Waals surface area contributed by atoms with E-state index in [0.717, 1.165) is 5.69 Å². The van der Waals surface area contributed by atoms with Gasteiger partial charge in [0, 0.05) is 0 Å². The molecular weight excluding hydrogens is 122 g/mol. The smallest absolute Gasteiger partial charge is 0.203 e. The average molecular weight is 129 g/mol. The first-order chi connectivity index (χ1) is 3.83. The highest BCUT2D eigenvalue weighted by Crippen LogP contribution is 2.01. The highest BCUT2D eigenvalue weighted by Gasteiger charge is 1.93. The molecule has 0 aliphatic heterocycles. The highest BCUT2D eigenvalue weighted by atomic mass is 32.1. The van der Waals surface area contributed by atoms with E-state index in [1.165, 1.54) is 0 Å². The lowest BCUT2D eigenvalue weighted by Crippen LogP contribution is -1.74. The normalized spacial score (nSPS) is 9.75. The van der Waals surface area contributed by atoms with Crippen LogP contribution in [0.15, 0.2) is 10.7 Å². The minimum Gasteiger partial charge on any atom is -0.448 e. The largest absolute Gasteiger partial charge is 0.448 e. The fraction of sp³-hybridized carbons (Fsp3) is 0.400. The molecule has 8 heavy (non-hydrogen) atoms. The topological polar surface area (TPSA) is 26.0 Å². The zero-order valence-electron chi connectivity index (χ0n) is 4.59. The van der Waals surface area contributed by atoms with Gasteiger partial charge in [0.1, 0.15) is 6.26 Å². The SMILES string of the molecule is Cc1coc(CS)n1. The second kappa shape index (κ2) is 2.22. The molecule has 0 aromatic carbocycles. The Morgan fingerprint density at radius 2 is 2.62 bits per heavy atom. The summed E-state index contributed by atoms with van der Waals surface area (Å²) >= 11 is 3.97. The Hall–Kier alpha value is -0.440. The fourth-order valence-corrected chi connectivity index (χ4v) is 0.621. The Bertz CT molecular complexity index is 173. The number of aromatic nitrogens is 1. The van der Waals surface area contributed by atoms with Gasteiger partial charge in [0.2, 0.25) is 5.89 Å². The molecule has 0 aliphatic carbocycles. The van der Waals surface area contributed by atoms with Crippen molar-refractivity contribution in [1.29, 1.82) is 0 Å². The quantitative estimate of drug-likeness (QED) is 0.580. The molecule has 0 amide bonds. The van der Waals surface area contributed by atoms with Crippen molar-refractivity contribution in [2.75, 3.05) is 0 Å². The summed E-state index contributed by atoms with van der Waals surface area (Å²) < 4.78 is 4.93. The molecule has 0 aliphatic rings. The first-order valence-electron chi connectivity index (χ1n) is 2.35. The van der Waals surface area contributed by atoms with E-state index in [1.807, 2.05) is 6.92 Å². The molecule has 0 unspecified atom stereocenters. The van der Waals surface area contributed by atoms with E-state index >= 15 is 0 Å². The van der Waals surface area contributed by atoms with Crippen molar-refractivity contribution in [1.82, 2.24) is 4.98 Å². The van der Waals surface area contributed by atoms with Crippen molar-refractivity contribution in [3.05, 3.63) is 17.8 Å². The maximum Gasteiger partial charge on any atom is 0.203 e. The minimum absolute atomic E-state index is 0.577. The number of hydrogen-bond acceptors (Lipinski definition) is 3. The predicted octanol–water partition coefficient (Wildman–Crippen LogP) is 1.41. The molecule has 1 aromatic heterocycles. The summed E-state index contributed by atoms with van der Waals surface area (Å²) in [5.41, 5.74) is 0.911. The van der Waals surface area contributed by atoms with Crippen molar-refractivity contribution in [3.63, 3.8) is 0 Å². The maximum atomic E-state index is 4.93. The number of rotatable bonds is 1. The summed E-state index contributed by atoms with van der Waals surface area (Å²) in [6.45, 7) is 1.89. The number of hydrogen-bond donors (Lipinski definition) is 1. The lowest BCUT2D eigenvalue weighted by molar-refractivity contribution is 0.517. The van der Waals surface area contributed by atoms with Gasteiger partial charge in [-0.3, -0.25) is 0 Å². The van der Waals surface area contributed by atoms with E-state index in [1.54, 1.807) is 6.26 Å². The maximum absolute atomic E-state index is 4.93. The van der Waals surface area contributed by atoms with Crippen LogP contribution in [0.1, 0.15) is 11.6 Å². The summed E-state index contributed by atoms with van der Waals surface area (Å²) in [6, 6.07) is 0. The second-order valence-corrected chi connectivity index (χ2v) is 1.86. The van der Waals surface area contributed by atoms with E-state index < -0.39 is 0 Å². The number of nitrogens with zero attached hydrogens (tertiary/aromatic N) is 1. The molecule has 0 N–H and O–H groups in total. The van der Waals surface area contributed by atoms with Gasteiger partial charge in [0.15, 0.2) is 0 Å². The lowest BCUT2D eigenvalue weighted by Gasteiger charge is -1.77. The summed E-state index contributed by atoms with van der Waals surface area (Å²) in [5.74, 6) is 1.26. The summed E-state index contributed by atoms with van der Waals surface area (Å²) in [7, 11) is 0. The van der Waals surface area contributed by atoms with E-state index in [2.05, 4.69) is 17.6 Å². The van der Waals surface area contributed by atoms with Crippen LogP contribution in [0.2, 0.25) is 0 Å². The Morgan fingerprint density at radius 3 is 2.88 bits per heavy atom. The third kappa shape index (κ3) is 1.04. The standard InChI is InChI=1S/C5H7NOS/c1-4-2-7-5(3-8)6-4/h2,8H,3H2,1H3. The molecule has 1 rings (SSSR count). The van der Waals surface area contributed by atoms with Gasteiger partial charge < -0.3 is 4.42 Å². The van der Waals surface area contributed by atoms with Crippen molar-refractivity contribution >= 4 is 12.6 Å². The molecule has 0 fully saturated rings. The van der Waals surface area contributed by atoms with Gasteiger partial charge in [-0.25, -0.2) is 4.98 Å². The van der Waals surface area contributed by atoms with E-state index in [4.69, 9.17) is 4.42 Å². The van der Waals surface area contributed by atoms with Crippen LogP contribution >= 0.6 is 12.6 Å². The van der Waals surface area contributed by atoms with Gasteiger partial charge in [-0.15, -0.1) is 0 Å². The Morgan fingerprint density at radius 1 is 1.88 bits per heavy atom. The first-order valence-corrected chi connectivity index (χ1v) is 2.98. The molecule has 0 saturated carbocycles. The van der Waals surface area contributed by atoms with Gasteiger partial charge in [0.05, 0.1) is 11.4 Å². The highest BCUT2D eigenvalue weighted by molar-refractivity contribution is 7.79. The van der Waals surface area contributed by atoms with Crippen molar-refractivity contribution < 1.29 is 4.42 Å². The van der Waals surface area contributed by atoms with Gasteiger partial charge >= 0.3 is 0 Å². The number of oxazole rings is 1. The number of aryl methyl sites for hydroxylation is 1. The summed E-state index contributed by atoms with van der Waals surface area (Å²) in [4.78, 5) is 3.99. The van der Waals surface area contributed by atoms with Crippen LogP contribution < -0.4 is 0 Å². The van der Waals surface area contributed by atoms with Crippen LogP contribution in [0.5, 0.6) is 0 Å². The Labute approximate surface area is 53.3 Å². The zero-order valence-corrected chi connectivity index (χ0v) is 5.48. The molecule has 2 nitrogen and oxygen atoms in total. The predicted molar refractivity (Wildman–Crippen MR) is 33.9 cm³/mol. The number of thiol groups is 1. The summed E-state index contributed by atoms with van der Waals surface area (Å²) in [5, 5.41) is 0. The molecule has 0 spiro atoms. The second-order valence-electron chi connectivity index (χ2n) is 1.54. The van der Waals surface area contributed by atoms with E-state index in [0.29, 0.717) is 11.6 Å². The molecule has 1 aromatic rings. The van der Waals surface area contributed by atoms with E-state index in [-0.39, 0.29) is 0 Å². The van der Waals surface area contributed by atoms with Crippen molar-refractivity contribution in [3.8, 4) is 0 Å². The monoisotopic (exact) mass is 129 g/mol. The van der Waals surface area contributed by atoms with Gasteiger partial charge in [-0.2, -0.15) is 12.6 Å². The van der Waals surface area contributed by atoms with Crippen molar-refractivity contribution in [2.45, 2.75) is 12.7 Å². The van der Waals surface area contributed by atoms with Gasteiger partial charge in [0.25, 0.3) is 0 Å². The fourth-order valence-electron chi connectivity index (χ4n) is 0.475. The molecule has 0 atom stereocenters. The average Bonchev–Trinajstić information content (AvgIpc) is 2.14. The lowest BCUT2D eigenvalue weighted by atomic mass is 10.6. The van der Waals surface area contributed by atoms with Crippen LogP contribution in [0.4, 0.5) is 0 Å². The molecule has 0 bridgehead atoms. The minimum atomic E-state index is 0.577. The van der Waals surface area contributed by atoms with Crippen LogP contribution in [0, 0.1) is 6.92 Å².